The molecule has 14 heavy (non-hydrogen) atoms. The molecule has 0 aliphatic rings. The van der Waals surface area contributed by atoms with E-state index in [1.165, 1.54) is 26.0 Å². The Labute approximate surface area is 82.3 Å². The van der Waals surface area contributed by atoms with Crippen LogP contribution in [0.4, 0.5) is 0 Å². The maximum atomic E-state index is 10.9. The van der Waals surface area contributed by atoms with Gasteiger partial charge in [-0.1, -0.05) is 12.1 Å². The lowest BCUT2D eigenvalue weighted by atomic mass is 10.1. The number of aryl methyl sites for hydroxylation is 1. The van der Waals surface area contributed by atoms with Crippen molar-refractivity contribution < 1.29 is 17.8 Å². The number of benzene rings is 1. The van der Waals surface area contributed by atoms with Gasteiger partial charge in [-0.3, -0.25) is 4.79 Å². The maximum absolute atomic E-state index is 10.9. The van der Waals surface area contributed by atoms with E-state index in [2.05, 4.69) is 0 Å². The van der Waals surface area contributed by atoms with E-state index < -0.39 is 10.1 Å². The summed E-state index contributed by atoms with van der Waals surface area (Å²) in [6.07, 6.45) is 0. The molecule has 76 valence electrons. The van der Waals surface area contributed by atoms with Crippen LogP contribution in [0, 0.1) is 6.92 Å². The van der Waals surface area contributed by atoms with Gasteiger partial charge in [0.1, 0.15) is 10.1 Å². The van der Waals surface area contributed by atoms with Crippen molar-refractivity contribution in [2.45, 2.75) is 18.7 Å². The highest BCUT2D eigenvalue weighted by Crippen LogP contribution is 2.16. The van der Waals surface area contributed by atoms with E-state index >= 15 is 0 Å². The third-order valence-electron chi connectivity index (χ3n) is 1.86. The first-order chi connectivity index (χ1) is 6.32. The Morgan fingerprint density at radius 1 is 1.36 bits per heavy atom. The summed E-state index contributed by atoms with van der Waals surface area (Å²) in [5.74, 6) is -0.269. The van der Waals surface area contributed by atoms with Crippen molar-refractivity contribution in [3.05, 3.63) is 29.3 Å². The van der Waals surface area contributed by atoms with Gasteiger partial charge in [0.2, 0.25) is 0 Å². The lowest BCUT2D eigenvalue weighted by Crippen LogP contribution is -2.03. The number of rotatable bonds is 2. The van der Waals surface area contributed by atoms with Crippen molar-refractivity contribution in [1.29, 1.82) is 0 Å². The molecule has 1 aromatic carbocycles. The highest BCUT2D eigenvalue weighted by molar-refractivity contribution is 7.85. The predicted octanol–water partition coefficient (Wildman–Crippen LogP) is 1.10. The molecule has 0 saturated heterocycles. The molecule has 0 aliphatic heterocycles. The zero-order chi connectivity index (χ0) is 10.9. The molecular weight excluding hydrogens is 204 g/mol. The number of ketones is 1. The van der Waals surface area contributed by atoms with Crippen molar-refractivity contribution in [2.75, 3.05) is 0 Å². The first-order valence-corrected chi connectivity index (χ1v) is 5.30. The molecule has 4 nitrogen and oxygen atoms in total. The van der Waals surface area contributed by atoms with Gasteiger partial charge in [-0.25, -0.2) is 8.42 Å². The summed E-state index contributed by atoms with van der Waals surface area (Å²) in [6.45, 7) is 2.82. The average Bonchev–Trinajstić information content (AvgIpc) is 2.02. The second kappa shape index (κ2) is 3.51. The van der Waals surface area contributed by atoms with Crippen molar-refractivity contribution >= 4 is 15.9 Å². The molecule has 0 saturated carbocycles. The standard InChI is InChI=1S/C9H10O4S/c1-6-3-4-8(7(2)10)5-9(6)14(11,12)13/h3-5H,1-2H3,(H,11,12,13)/p-1. The van der Waals surface area contributed by atoms with E-state index in [1.807, 2.05) is 0 Å². The first kappa shape index (κ1) is 10.9. The quantitative estimate of drug-likeness (QED) is 0.544. The van der Waals surface area contributed by atoms with E-state index in [0.717, 1.165) is 6.07 Å². The molecule has 0 aliphatic carbocycles. The van der Waals surface area contributed by atoms with Crippen LogP contribution in [0.1, 0.15) is 22.8 Å². The number of carbonyl (C=O) groups is 1. The Hall–Kier alpha value is -1.20. The van der Waals surface area contributed by atoms with Gasteiger partial charge in [0, 0.05) is 5.56 Å². The van der Waals surface area contributed by atoms with Gasteiger partial charge in [-0.2, -0.15) is 0 Å². The van der Waals surface area contributed by atoms with E-state index in [-0.39, 0.29) is 16.2 Å². The summed E-state index contributed by atoms with van der Waals surface area (Å²) in [5.41, 5.74) is 0.579. The van der Waals surface area contributed by atoms with Crippen LogP contribution in [0.3, 0.4) is 0 Å². The van der Waals surface area contributed by atoms with Crippen molar-refractivity contribution in [1.82, 2.24) is 0 Å². The van der Waals surface area contributed by atoms with Crippen molar-refractivity contribution in [3.8, 4) is 0 Å². The molecule has 0 atom stereocenters. The van der Waals surface area contributed by atoms with Crippen LogP contribution in [0.2, 0.25) is 0 Å². The fraction of sp³-hybridized carbons (Fsp3) is 0.222. The minimum atomic E-state index is -4.49. The molecule has 1 rings (SSSR count). The van der Waals surface area contributed by atoms with Crippen LogP contribution in [0.5, 0.6) is 0 Å². The topological polar surface area (TPSA) is 74.3 Å². The van der Waals surface area contributed by atoms with Gasteiger partial charge in [0.15, 0.2) is 5.78 Å². The molecule has 0 radical (unpaired) electrons. The number of hydrogen-bond acceptors (Lipinski definition) is 4. The summed E-state index contributed by atoms with van der Waals surface area (Å²) < 4.78 is 32.3. The third kappa shape index (κ3) is 2.18. The lowest BCUT2D eigenvalue weighted by Gasteiger charge is -2.10. The van der Waals surface area contributed by atoms with E-state index in [9.17, 15) is 17.8 Å². The molecule has 0 unspecified atom stereocenters. The minimum absolute atomic E-state index is 0.227. The van der Waals surface area contributed by atoms with Gasteiger partial charge in [0.25, 0.3) is 0 Å². The summed E-state index contributed by atoms with van der Waals surface area (Å²) in [7, 11) is -4.49. The zero-order valence-electron chi connectivity index (χ0n) is 7.77. The van der Waals surface area contributed by atoms with Gasteiger partial charge in [-0.15, -0.1) is 0 Å². The summed E-state index contributed by atoms with van der Waals surface area (Å²) in [4.78, 5) is 10.6. The largest absolute Gasteiger partial charge is 0.744 e. The zero-order valence-corrected chi connectivity index (χ0v) is 8.59. The molecule has 0 aromatic heterocycles. The highest BCUT2D eigenvalue weighted by atomic mass is 32.2. The summed E-state index contributed by atoms with van der Waals surface area (Å²) in [6, 6.07) is 4.05. The highest BCUT2D eigenvalue weighted by Gasteiger charge is 2.08. The van der Waals surface area contributed by atoms with Gasteiger partial charge < -0.3 is 4.55 Å². The number of hydrogen-bond donors (Lipinski definition) is 0. The van der Waals surface area contributed by atoms with Crippen LogP contribution in [-0.4, -0.2) is 18.8 Å². The first-order valence-electron chi connectivity index (χ1n) is 3.90. The van der Waals surface area contributed by atoms with Crippen molar-refractivity contribution in [3.63, 3.8) is 0 Å². The fourth-order valence-corrected chi connectivity index (χ4v) is 1.82. The Morgan fingerprint density at radius 2 is 1.93 bits per heavy atom. The lowest BCUT2D eigenvalue weighted by molar-refractivity contribution is 0.101. The third-order valence-corrected chi connectivity index (χ3v) is 2.84. The Balaban J connectivity index is 3.44. The summed E-state index contributed by atoms with van der Waals surface area (Å²) >= 11 is 0. The van der Waals surface area contributed by atoms with E-state index in [1.54, 1.807) is 0 Å². The fourth-order valence-electron chi connectivity index (χ4n) is 1.09. The second-order valence-electron chi connectivity index (χ2n) is 2.99. The van der Waals surface area contributed by atoms with Crippen LogP contribution in [0.25, 0.3) is 0 Å². The molecule has 0 bridgehead atoms. The molecule has 0 N–H and O–H groups in total. The van der Waals surface area contributed by atoms with Crippen molar-refractivity contribution in [2.24, 2.45) is 0 Å². The normalized spacial score (nSPS) is 11.4. The van der Waals surface area contributed by atoms with Gasteiger partial charge in [0.05, 0.1) is 4.90 Å². The maximum Gasteiger partial charge on any atom is 0.159 e. The second-order valence-corrected chi connectivity index (χ2v) is 4.34. The Bertz CT molecular complexity index is 474. The van der Waals surface area contributed by atoms with E-state index in [0.29, 0.717) is 5.56 Å². The summed E-state index contributed by atoms with van der Waals surface area (Å²) in [5, 5.41) is 0. The molecule has 0 spiro atoms. The molecule has 5 heteroatoms. The monoisotopic (exact) mass is 213 g/mol. The predicted molar refractivity (Wildman–Crippen MR) is 49.1 cm³/mol. The molecule has 0 fully saturated rings. The average molecular weight is 213 g/mol. The van der Waals surface area contributed by atoms with E-state index in [4.69, 9.17) is 0 Å². The SMILES string of the molecule is CC(=O)c1ccc(C)c(S(=O)(=O)[O-])c1. The van der Waals surface area contributed by atoms with Crippen LogP contribution in [0.15, 0.2) is 23.1 Å². The molecule has 0 amide bonds. The Morgan fingerprint density at radius 3 is 2.36 bits per heavy atom. The minimum Gasteiger partial charge on any atom is -0.744 e. The van der Waals surface area contributed by atoms with Gasteiger partial charge in [-0.05, 0) is 25.5 Å². The van der Waals surface area contributed by atoms with Gasteiger partial charge >= 0.3 is 0 Å². The Kier molecular flexibility index (Phi) is 2.73. The van der Waals surface area contributed by atoms with Crippen LogP contribution >= 0.6 is 0 Å². The molecule has 0 heterocycles. The smallest absolute Gasteiger partial charge is 0.159 e. The molecule has 1 aromatic rings. The molecular formula is C9H9O4S-. The van der Waals surface area contributed by atoms with Crippen LogP contribution < -0.4 is 0 Å². The number of carbonyl (C=O) groups excluding carboxylic acids is 1. The van der Waals surface area contributed by atoms with Crippen LogP contribution in [-0.2, 0) is 10.1 Å². The number of Topliss-reactive ketones (excluding diaryl/α,β-unsaturated/α-hetero) is 1.